The number of hydrogen-bond acceptors (Lipinski definition) is 2. The van der Waals surface area contributed by atoms with Crippen LogP contribution in [0.2, 0.25) is 0 Å². The number of nitrogens with one attached hydrogen (secondary N) is 1. The highest BCUT2D eigenvalue weighted by atomic mass is 16.5. The molecule has 114 valence electrons. The van der Waals surface area contributed by atoms with E-state index in [2.05, 4.69) is 57.3 Å². The molecule has 0 saturated carbocycles. The first-order valence-electron chi connectivity index (χ1n) is 7.97. The maximum Gasteiger partial charge on any atom is 0.0727 e. The van der Waals surface area contributed by atoms with Gasteiger partial charge in [0.15, 0.2) is 0 Å². The van der Waals surface area contributed by atoms with Gasteiger partial charge in [-0.15, -0.1) is 0 Å². The molecule has 0 amide bonds. The third kappa shape index (κ3) is 5.26. The molecule has 20 heavy (non-hydrogen) atoms. The highest BCUT2D eigenvalue weighted by Gasteiger charge is 2.19. The summed E-state index contributed by atoms with van der Waals surface area (Å²) >= 11 is 0. The summed E-state index contributed by atoms with van der Waals surface area (Å²) in [6, 6.07) is 9.43. The Morgan fingerprint density at radius 2 is 1.75 bits per heavy atom. The zero-order chi connectivity index (χ0) is 15.0. The van der Waals surface area contributed by atoms with Gasteiger partial charge in [-0.2, -0.15) is 0 Å². The fraction of sp³-hybridized carbons (Fsp3) is 0.667. The van der Waals surface area contributed by atoms with Crippen molar-refractivity contribution in [3.8, 4) is 0 Å². The topological polar surface area (TPSA) is 21.3 Å². The predicted octanol–water partition coefficient (Wildman–Crippen LogP) is 4.15. The molecule has 0 spiro atoms. The van der Waals surface area contributed by atoms with Gasteiger partial charge in [-0.3, -0.25) is 0 Å². The molecule has 2 atom stereocenters. The van der Waals surface area contributed by atoms with E-state index in [0.717, 1.165) is 25.8 Å². The van der Waals surface area contributed by atoms with Crippen LogP contribution in [0.25, 0.3) is 0 Å². The maximum atomic E-state index is 5.68. The second-order valence-electron chi connectivity index (χ2n) is 5.83. The number of methoxy groups -OCH3 is 1. The molecule has 0 aliphatic rings. The lowest BCUT2D eigenvalue weighted by molar-refractivity contribution is 0.0614. The van der Waals surface area contributed by atoms with Gasteiger partial charge in [0.2, 0.25) is 0 Å². The van der Waals surface area contributed by atoms with Gasteiger partial charge in [-0.05, 0) is 36.4 Å². The molecule has 0 aromatic heterocycles. The number of likely N-dealkylation sites (N-methyl/N-ethyl adjacent to an activating group) is 1. The van der Waals surface area contributed by atoms with E-state index in [-0.39, 0.29) is 0 Å². The average Bonchev–Trinajstić information content (AvgIpc) is 2.45. The van der Waals surface area contributed by atoms with Crippen LogP contribution in [0.15, 0.2) is 24.3 Å². The van der Waals surface area contributed by atoms with E-state index in [1.54, 1.807) is 0 Å². The Morgan fingerprint density at radius 3 is 2.20 bits per heavy atom. The van der Waals surface area contributed by atoms with Crippen LogP contribution in [-0.4, -0.2) is 25.8 Å². The van der Waals surface area contributed by atoms with Crippen LogP contribution in [0, 0.1) is 0 Å². The summed E-state index contributed by atoms with van der Waals surface area (Å²) in [6.45, 7) is 9.83. The van der Waals surface area contributed by atoms with Crippen LogP contribution in [0.5, 0.6) is 0 Å². The van der Waals surface area contributed by atoms with Crippen LogP contribution in [-0.2, 0) is 11.2 Å². The molecule has 0 saturated heterocycles. The molecule has 0 radical (unpaired) electrons. The van der Waals surface area contributed by atoms with Crippen molar-refractivity contribution in [1.82, 2.24) is 5.32 Å². The van der Waals surface area contributed by atoms with Crippen molar-refractivity contribution >= 4 is 0 Å². The maximum absolute atomic E-state index is 5.68. The molecular weight excluding hydrogens is 246 g/mol. The predicted molar refractivity (Wildman–Crippen MR) is 87.4 cm³/mol. The van der Waals surface area contributed by atoms with Gasteiger partial charge in [0.1, 0.15) is 0 Å². The molecule has 2 heteroatoms. The molecule has 0 bridgehead atoms. The fourth-order valence-corrected chi connectivity index (χ4v) is 2.66. The molecule has 1 N–H and O–H groups in total. The van der Waals surface area contributed by atoms with Crippen molar-refractivity contribution in [3.63, 3.8) is 0 Å². The number of rotatable bonds is 9. The molecule has 0 aliphatic heterocycles. The van der Waals surface area contributed by atoms with Gasteiger partial charge >= 0.3 is 0 Å². The monoisotopic (exact) mass is 277 g/mol. The molecule has 1 aromatic rings. The van der Waals surface area contributed by atoms with Crippen molar-refractivity contribution in [2.45, 2.75) is 65.0 Å². The normalized spacial score (nSPS) is 14.5. The standard InChI is InChI=1S/C18H31NO/c1-6-8-18(20-5)17(19-7-2)13-15-9-11-16(12-10-15)14(3)4/h9-12,14,17-19H,6-8,13H2,1-5H3. The van der Waals surface area contributed by atoms with Gasteiger partial charge in [0, 0.05) is 13.2 Å². The van der Waals surface area contributed by atoms with E-state index < -0.39 is 0 Å². The smallest absolute Gasteiger partial charge is 0.0727 e. The second-order valence-corrected chi connectivity index (χ2v) is 5.83. The lowest BCUT2D eigenvalue weighted by Gasteiger charge is -2.27. The van der Waals surface area contributed by atoms with Gasteiger partial charge in [-0.1, -0.05) is 58.4 Å². The third-order valence-electron chi connectivity index (χ3n) is 3.89. The molecule has 2 nitrogen and oxygen atoms in total. The largest absolute Gasteiger partial charge is 0.380 e. The lowest BCUT2D eigenvalue weighted by atomic mass is 9.95. The Morgan fingerprint density at radius 1 is 1.10 bits per heavy atom. The molecule has 1 rings (SSSR count). The Bertz CT molecular complexity index is 358. The van der Waals surface area contributed by atoms with Crippen molar-refractivity contribution in [1.29, 1.82) is 0 Å². The first-order valence-corrected chi connectivity index (χ1v) is 7.97. The summed E-state index contributed by atoms with van der Waals surface area (Å²) in [5.41, 5.74) is 2.80. The first-order chi connectivity index (χ1) is 9.62. The third-order valence-corrected chi connectivity index (χ3v) is 3.89. The molecule has 1 aromatic carbocycles. The summed E-state index contributed by atoms with van der Waals surface area (Å²) in [5.74, 6) is 0.598. The van der Waals surface area contributed by atoms with Gasteiger partial charge in [0.05, 0.1) is 6.10 Å². The minimum atomic E-state index is 0.296. The number of ether oxygens (including phenoxy) is 1. The van der Waals surface area contributed by atoms with Crippen molar-refractivity contribution in [2.24, 2.45) is 0 Å². The zero-order valence-corrected chi connectivity index (χ0v) is 13.8. The molecule has 0 fully saturated rings. The van der Waals surface area contributed by atoms with E-state index in [4.69, 9.17) is 4.74 Å². The number of hydrogen-bond donors (Lipinski definition) is 1. The van der Waals surface area contributed by atoms with Gasteiger partial charge < -0.3 is 10.1 Å². The molecule has 2 unspecified atom stereocenters. The Kier molecular flexibility index (Phi) is 7.86. The van der Waals surface area contributed by atoms with Crippen LogP contribution < -0.4 is 5.32 Å². The summed E-state index contributed by atoms with van der Waals surface area (Å²) < 4.78 is 5.68. The summed E-state index contributed by atoms with van der Waals surface area (Å²) in [5, 5.41) is 3.58. The Labute approximate surface area is 124 Å². The van der Waals surface area contributed by atoms with E-state index in [1.165, 1.54) is 11.1 Å². The van der Waals surface area contributed by atoms with Crippen molar-refractivity contribution < 1.29 is 4.74 Å². The first kappa shape index (κ1) is 17.2. The van der Waals surface area contributed by atoms with E-state index in [9.17, 15) is 0 Å². The lowest BCUT2D eigenvalue weighted by Crippen LogP contribution is -2.42. The minimum Gasteiger partial charge on any atom is -0.380 e. The van der Waals surface area contributed by atoms with E-state index in [1.807, 2.05) is 7.11 Å². The average molecular weight is 277 g/mol. The number of benzene rings is 1. The molecular formula is C18H31NO. The molecule has 0 aliphatic carbocycles. The van der Waals surface area contributed by atoms with Crippen LogP contribution in [0.3, 0.4) is 0 Å². The summed E-state index contributed by atoms with van der Waals surface area (Å²) in [4.78, 5) is 0. The quantitative estimate of drug-likeness (QED) is 0.732. The second kappa shape index (κ2) is 9.15. The van der Waals surface area contributed by atoms with Crippen LogP contribution in [0.4, 0.5) is 0 Å². The Balaban J connectivity index is 2.73. The minimum absolute atomic E-state index is 0.296. The molecule has 0 heterocycles. The van der Waals surface area contributed by atoms with Crippen LogP contribution in [0.1, 0.15) is 57.6 Å². The Hall–Kier alpha value is -0.860. The van der Waals surface area contributed by atoms with E-state index in [0.29, 0.717) is 18.1 Å². The fourth-order valence-electron chi connectivity index (χ4n) is 2.66. The van der Waals surface area contributed by atoms with Crippen molar-refractivity contribution in [3.05, 3.63) is 35.4 Å². The zero-order valence-electron chi connectivity index (χ0n) is 13.8. The summed E-state index contributed by atoms with van der Waals surface area (Å²) in [6.07, 6.45) is 3.60. The van der Waals surface area contributed by atoms with E-state index >= 15 is 0 Å². The van der Waals surface area contributed by atoms with Gasteiger partial charge in [0.25, 0.3) is 0 Å². The highest BCUT2D eigenvalue weighted by molar-refractivity contribution is 5.25. The van der Waals surface area contributed by atoms with Crippen molar-refractivity contribution in [2.75, 3.05) is 13.7 Å². The van der Waals surface area contributed by atoms with Gasteiger partial charge in [-0.25, -0.2) is 0 Å². The summed E-state index contributed by atoms with van der Waals surface area (Å²) in [7, 11) is 1.83. The highest BCUT2D eigenvalue weighted by Crippen LogP contribution is 2.17. The van der Waals surface area contributed by atoms with Crippen LogP contribution >= 0.6 is 0 Å². The SMILES string of the molecule is CCCC(OC)C(Cc1ccc(C(C)C)cc1)NCC.